The van der Waals surface area contributed by atoms with E-state index >= 15 is 0 Å². The average molecular weight is 370 g/mol. The zero-order valence-corrected chi connectivity index (χ0v) is 14.0. The van der Waals surface area contributed by atoms with Gasteiger partial charge in [0.1, 0.15) is 0 Å². The molecule has 23 heavy (non-hydrogen) atoms. The van der Waals surface area contributed by atoms with E-state index in [4.69, 9.17) is 0 Å². The summed E-state index contributed by atoms with van der Waals surface area (Å²) in [5.41, 5.74) is 0. The first-order valence-corrected chi connectivity index (χ1v) is 8.15. The topological polar surface area (TPSA) is 34.1 Å². The number of halogens is 1. The van der Waals surface area contributed by atoms with Crippen molar-refractivity contribution in [2.24, 2.45) is 0 Å². The van der Waals surface area contributed by atoms with Crippen LogP contribution in [0.15, 0.2) is 46.5 Å². The van der Waals surface area contributed by atoms with Crippen molar-refractivity contribution in [3.8, 4) is 0 Å². The Morgan fingerprint density at radius 1 is 0.826 bits per heavy atom. The molecule has 0 aromatic heterocycles. The number of allylic oxidation sites excluding steroid dienone is 1. The van der Waals surface area contributed by atoms with Gasteiger partial charge in [-0.1, -0.05) is 18.2 Å². The smallest absolute Gasteiger partial charge is 0.216 e. The second-order valence-corrected chi connectivity index (χ2v) is 6.31. The summed E-state index contributed by atoms with van der Waals surface area (Å²) < 4.78 is 37.3. The largest absolute Gasteiger partial charge is 2.00 e. The van der Waals surface area contributed by atoms with Crippen LogP contribution in [0.2, 0.25) is 0 Å². The van der Waals surface area contributed by atoms with Gasteiger partial charge < -0.3 is 0 Å². The third-order valence-corrected chi connectivity index (χ3v) is 4.36. The average Bonchev–Trinajstić information content (AvgIpc) is 3.24. The van der Waals surface area contributed by atoms with Crippen LogP contribution in [-0.2, 0) is 26.9 Å². The second-order valence-electron chi connectivity index (χ2n) is 4.45. The van der Waals surface area contributed by atoms with Gasteiger partial charge in [0.25, 0.3) is 0 Å². The molecule has 0 spiro atoms. The van der Waals surface area contributed by atoms with Crippen molar-refractivity contribution in [2.75, 3.05) is 0 Å². The SMILES string of the molecule is O=S(=O)(/C(F)=C\[C]1[CH][CH][CH][CH]1)c1ccccc1.[CH]1[CH][CH][CH][CH]1.[Fe+2]. The maximum Gasteiger partial charge on any atom is 2.00 e. The zero-order valence-electron chi connectivity index (χ0n) is 12.1. The minimum absolute atomic E-state index is 0. The Morgan fingerprint density at radius 2 is 1.30 bits per heavy atom. The Labute approximate surface area is 150 Å². The number of benzene rings is 1. The maximum absolute atomic E-state index is 13.7. The van der Waals surface area contributed by atoms with Crippen molar-refractivity contribution in [3.05, 3.63) is 105 Å². The molecule has 5 heteroatoms. The first-order chi connectivity index (χ1) is 10.6. The number of rotatable bonds is 3. The summed E-state index contributed by atoms with van der Waals surface area (Å²) in [7, 11) is -4.02. The Hall–Kier alpha value is -0.641. The van der Waals surface area contributed by atoms with Crippen LogP contribution in [0, 0.1) is 63.7 Å². The van der Waals surface area contributed by atoms with Gasteiger partial charge in [-0.05, 0) is 76.0 Å². The van der Waals surface area contributed by atoms with Crippen LogP contribution in [0.3, 0.4) is 0 Å². The van der Waals surface area contributed by atoms with Gasteiger partial charge in [-0.3, -0.25) is 0 Å². The monoisotopic (exact) mass is 370 g/mol. The molecule has 10 radical (unpaired) electrons. The van der Waals surface area contributed by atoms with Gasteiger partial charge in [-0.25, -0.2) is 8.42 Å². The van der Waals surface area contributed by atoms with Crippen molar-refractivity contribution in [1.82, 2.24) is 0 Å². The van der Waals surface area contributed by atoms with Crippen LogP contribution in [0.25, 0.3) is 0 Å². The molecule has 0 heterocycles. The van der Waals surface area contributed by atoms with Crippen LogP contribution < -0.4 is 0 Å². The Kier molecular flexibility index (Phi) is 9.11. The van der Waals surface area contributed by atoms with E-state index in [1.165, 1.54) is 12.1 Å². The summed E-state index contributed by atoms with van der Waals surface area (Å²) in [5, 5.41) is -1.14. The maximum atomic E-state index is 13.7. The predicted octanol–water partition coefficient (Wildman–Crippen LogP) is 3.70. The van der Waals surface area contributed by atoms with Gasteiger partial charge in [0.05, 0.1) is 4.90 Å². The van der Waals surface area contributed by atoms with E-state index in [9.17, 15) is 12.8 Å². The molecule has 2 fully saturated rings. The van der Waals surface area contributed by atoms with Crippen LogP contribution in [0.1, 0.15) is 0 Å². The summed E-state index contributed by atoms with van der Waals surface area (Å²) in [6.07, 6.45) is 17.7. The Bertz CT molecular complexity index is 567. The van der Waals surface area contributed by atoms with E-state index in [0.29, 0.717) is 5.92 Å². The van der Waals surface area contributed by atoms with Crippen molar-refractivity contribution in [2.45, 2.75) is 4.90 Å². The summed E-state index contributed by atoms with van der Waals surface area (Å²) in [6, 6.07) is 7.53. The molecule has 0 amide bonds. The van der Waals surface area contributed by atoms with Gasteiger partial charge in [0.15, 0.2) is 0 Å². The van der Waals surface area contributed by atoms with E-state index in [1.54, 1.807) is 43.9 Å². The molecule has 0 aliphatic heterocycles. The van der Waals surface area contributed by atoms with Crippen LogP contribution in [0.4, 0.5) is 4.39 Å². The van der Waals surface area contributed by atoms with Crippen molar-refractivity contribution in [1.29, 1.82) is 0 Å². The third-order valence-electron chi connectivity index (χ3n) is 2.83. The zero-order chi connectivity index (χ0) is 15.8. The first kappa shape index (κ1) is 20.4. The molecule has 2 aliphatic carbocycles. The summed E-state index contributed by atoms with van der Waals surface area (Å²) in [6.45, 7) is 0. The van der Waals surface area contributed by atoms with Crippen molar-refractivity contribution < 1.29 is 29.9 Å². The minimum atomic E-state index is -4.02. The summed E-state index contributed by atoms with van der Waals surface area (Å²) in [4.78, 5) is -0.0414. The molecule has 3 rings (SSSR count). The quantitative estimate of drug-likeness (QED) is 0.761. The fraction of sp³-hybridized carbons (Fsp3) is 0. The Morgan fingerprint density at radius 3 is 1.78 bits per heavy atom. The van der Waals surface area contributed by atoms with E-state index in [1.807, 2.05) is 32.1 Å². The van der Waals surface area contributed by atoms with Crippen LogP contribution >= 0.6 is 0 Å². The normalized spacial score (nSPS) is 18.9. The molecule has 1 aromatic carbocycles. The third kappa shape index (κ3) is 6.40. The molecule has 0 N–H and O–H groups in total. The van der Waals surface area contributed by atoms with Gasteiger partial charge in [-0.2, -0.15) is 4.39 Å². The molecular formula is C18H15FFeO2S+2. The molecular weight excluding hydrogens is 355 g/mol. The van der Waals surface area contributed by atoms with Crippen LogP contribution in [-0.4, -0.2) is 8.42 Å². The molecule has 2 saturated carbocycles. The minimum Gasteiger partial charge on any atom is -0.216 e. The van der Waals surface area contributed by atoms with Gasteiger partial charge in [0.2, 0.25) is 15.0 Å². The van der Waals surface area contributed by atoms with Crippen molar-refractivity contribution >= 4 is 9.84 Å². The van der Waals surface area contributed by atoms with E-state index in [2.05, 4.69) is 0 Å². The van der Waals surface area contributed by atoms with E-state index in [0.717, 1.165) is 6.08 Å². The summed E-state index contributed by atoms with van der Waals surface area (Å²) in [5.74, 6) is 0.530. The molecule has 0 atom stereocenters. The molecule has 0 bridgehead atoms. The predicted molar refractivity (Wildman–Crippen MR) is 84.8 cm³/mol. The fourth-order valence-corrected chi connectivity index (χ4v) is 2.76. The molecule has 0 saturated heterocycles. The summed E-state index contributed by atoms with van der Waals surface area (Å²) >= 11 is 0. The number of sulfone groups is 1. The first-order valence-electron chi connectivity index (χ1n) is 6.66. The van der Waals surface area contributed by atoms with Crippen LogP contribution in [0.5, 0.6) is 0 Å². The fourth-order valence-electron chi connectivity index (χ4n) is 1.73. The molecule has 2 aliphatic rings. The molecule has 2 nitrogen and oxygen atoms in total. The number of hydrogen-bond donors (Lipinski definition) is 0. The van der Waals surface area contributed by atoms with E-state index in [-0.39, 0.29) is 22.0 Å². The Balaban J connectivity index is 0.000000377. The molecule has 1 aromatic rings. The number of hydrogen-bond acceptors (Lipinski definition) is 2. The van der Waals surface area contributed by atoms with Crippen molar-refractivity contribution in [3.63, 3.8) is 0 Å². The van der Waals surface area contributed by atoms with Gasteiger partial charge >= 0.3 is 17.1 Å². The van der Waals surface area contributed by atoms with E-state index < -0.39 is 15.0 Å². The van der Waals surface area contributed by atoms with Gasteiger partial charge in [-0.15, -0.1) is 0 Å². The molecule has 118 valence electrons. The van der Waals surface area contributed by atoms with Gasteiger partial charge in [0, 0.05) is 5.92 Å². The standard InChI is InChI=1S/C13H10FO2S.C5H5.Fe/c14-13(10-11-6-4-5-7-11)17(15,16)12-8-2-1-3-9-12;1-2-4-5-3-1;/h1-10H;1-5H;/q;;+2/b13-10-;;. The molecule has 0 unspecified atom stereocenters. The second kappa shape index (κ2) is 10.3.